The number of hydrogen-bond donors (Lipinski definition) is 5. The van der Waals surface area contributed by atoms with Crippen LogP contribution in [0.25, 0.3) is 22.3 Å². The quantitative estimate of drug-likeness (QED) is 0.113. The molecule has 4 aromatic heterocycles. The molecule has 0 unspecified atom stereocenters. The van der Waals surface area contributed by atoms with Crippen molar-refractivity contribution in [3.05, 3.63) is 97.1 Å². The molecular formula is C35H32FN11O10S. The summed E-state index contributed by atoms with van der Waals surface area (Å²) in [5.41, 5.74) is -0.278. The van der Waals surface area contributed by atoms with Crippen molar-refractivity contribution in [2.24, 2.45) is 0 Å². The van der Waals surface area contributed by atoms with E-state index >= 15 is 4.39 Å². The molecule has 2 bridgehead atoms. The number of amides is 2. The van der Waals surface area contributed by atoms with E-state index in [1.54, 1.807) is 60.7 Å². The SMILES string of the molecule is O=C(Nc1ncnc2c1ncn2[C@@H]1O[C@H](CNS(=O)(=O)O[C@H]2[C@H]3OC[C@]2(CO)O[C@H]3n2cnc3c(NC(=O)c4ccccc4)ncnc32)[C@@H](O)[C@H]1F)c1ccccc1. The third kappa shape index (κ3) is 6.61. The molecule has 0 saturated carbocycles. The number of nitrogens with zero attached hydrogens (tertiary/aromatic N) is 8. The third-order valence-corrected chi connectivity index (χ3v) is 11.0. The summed E-state index contributed by atoms with van der Waals surface area (Å²) in [6.45, 7) is -1.55. The summed E-state index contributed by atoms with van der Waals surface area (Å²) in [4.78, 5) is 50.9. The minimum Gasteiger partial charge on any atom is -0.393 e. The van der Waals surface area contributed by atoms with Crippen molar-refractivity contribution in [3.63, 3.8) is 0 Å². The first-order valence-corrected chi connectivity index (χ1v) is 19.1. The number of aliphatic hydroxyl groups excluding tert-OH is 2. The molecule has 2 aromatic carbocycles. The fourth-order valence-electron chi connectivity index (χ4n) is 7.13. The van der Waals surface area contributed by atoms with E-state index in [0.29, 0.717) is 11.1 Å². The van der Waals surface area contributed by atoms with Gasteiger partial charge in [-0.1, -0.05) is 36.4 Å². The molecule has 0 aliphatic carbocycles. The van der Waals surface area contributed by atoms with Gasteiger partial charge in [0.15, 0.2) is 52.6 Å². The maximum Gasteiger partial charge on any atom is 0.336 e. The van der Waals surface area contributed by atoms with Crippen molar-refractivity contribution in [2.45, 2.75) is 48.6 Å². The number of fused-ring (bicyclic) bond motifs is 4. The highest BCUT2D eigenvalue weighted by Gasteiger charge is 2.64. The normalized spacial score (nSPS) is 26.7. The Morgan fingerprint density at radius 1 is 0.845 bits per heavy atom. The number of imidazole rings is 2. The monoisotopic (exact) mass is 817 g/mol. The molecule has 23 heteroatoms. The van der Waals surface area contributed by atoms with Crippen LogP contribution in [-0.4, -0.2) is 125 Å². The van der Waals surface area contributed by atoms with Gasteiger partial charge in [-0.3, -0.25) is 18.7 Å². The summed E-state index contributed by atoms with van der Waals surface area (Å²) in [5.74, 6) is -0.734. The van der Waals surface area contributed by atoms with Crippen LogP contribution in [0.15, 0.2) is 86.0 Å². The maximum absolute atomic E-state index is 15.6. The van der Waals surface area contributed by atoms with Gasteiger partial charge in [0.1, 0.15) is 42.7 Å². The van der Waals surface area contributed by atoms with Gasteiger partial charge >= 0.3 is 10.3 Å². The highest BCUT2D eigenvalue weighted by Crippen LogP contribution is 2.47. The fraction of sp³-hybridized carbons (Fsp3) is 0.314. The lowest BCUT2D eigenvalue weighted by Gasteiger charge is -2.29. The first-order valence-electron chi connectivity index (χ1n) is 17.7. The molecule has 3 fully saturated rings. The molecule has 3 aliphatic rings. The number of alkyl halides is 1. The minimum absolute atomic E-state index is 0.0522. The van der Waals surface area contributed by atoms with Crippen LogP contribution in [0, 0.1) is 0 Å². The summed E-state index contributed by atoms with van der Waals surface area (Å²) in [7, 11) is -4.71. The van der Waals surface area contributed by atoms with Crippen LogP contribution in [0.2, 0.25) is 0 Å². The van der Waals surface area contributed by atoms with Crippen LogP contribution in [0.4, 0.5) is 16.0 Å². The Labute approximate surface area is 326 Å². The van der Waals surface area contributed by atoms with Crippen molar-refractivity contribution < 1.29 is 51.0 Å². The Morgan fingerprint density at radius 2 is 1.40 bits per heavy atom. The van der Waals surface area contributed by atoms with E-state index in [2.05, 4.69) is 45.3 Å². The lowest BCUT2D eigenvalue weighted by atomic mass is 10.0. The average Bonchev–Trinajstić information content (AvgIpc) is 4.06. The van der Waals surface area contributed by atoms with Crippen molar-refractivity contribution in [2.75, 3.05) is 30.4 Å². The number of nitrogens with one attached hydrogen (secondary N) is 3. The van der Waals surface area contributed by atoms with Gasteiger partial charge in [-0.15, -0.1) is 0 Å². The second kappa shape index (κ2) is 14.8. The number of ether oxygens (including phenoxy) is 3. The molecule has 3 saturated heterocycles. The van der Waals surface area contributed by atoms with Crippen LogP contribution in [0.1, 0.15) is 33.2 Å². The van der Waals surface area contributed by atoms with E-state index < -0.39 is 83.9 Å². The second-order valence-corrected chi connectivity index (χ2v) is 14.9. The first kappa shape index (κ1) is 37.6. The molecular weight excluding hydrogens is 786 g/mol. The van der Waals surface area contributed by atoms with Crippen LogP contribution < -0.4 is 15.4 Å². The second-order valence-electron chi connectivity index (χ2n) is 13.6. The number of benzene rings is 2. The van der Waals surface area contributed by atoms with Crippen LogP contribution in [0.3, 0.4) is 0 Å². The van der Waals surface area contributed by atoms with Crippen LogP contribution in [0.5, 0.6) is 0 Å². The van der Waals surface area contributed by atoms with E-state index in [1.165, 1.54) is 28.1 Å². The van der Waals surface area contributed by atoms with E-state index in [0.717, 1.165) is 6.33 Å². The smallest absolute Gasteiger partial charge is 0.336 e. The summed E-state index contributed by atoms with van der Waals surface area (Å²) < 4.78 is 70.6. The highest BCUT2D eigenvalue weighted by atomic mass is 32.2. The maximum atomic E-state index is 15.6. The zero-order chi connectivity index (χ0) is 40.2. The van der Waals surface area contributed by atoms with Gasteiger partial charge < -0.3 is 35.1 Å². The van der Waals surface area contributed by atoms with Gasteiger partial charge in [-0.2, -0.15) is 13.1 Å². The van der Waals surface area contributed by atoms with Crippen molar-refractivity contribution >= 4 is 56.1 Å². The molecule has 3 aliphatic heterocycles. The number of hydrogen-bond acceptors (Lipinski definition) is 16. The first-order chi connectivity index (χ1) is 28.1. The molecule has 9 rings (SSSR count). The van der Waals surface area contributed by atoms with E-state index in [1.807, 2.05) is 0 Å². The number of anilines is 2. The Kier molecular flexibility index (Phi) is 9.60. The molecule has 7 heterocycles. The predicted molar refractivity (Wildman–Crippen MR) is 196 cm³/mol. The van der Waals surface area contributed by atoms with Crippen molar-refractivity contribution in [3.8, 4) is 0 Å². The fourth-order valence-corrected chi connectivity index (χ4v) is 8.12. The van der Waals surface area contributed by atoms with Crippen LogP contribution in [-0.2, 0) is 28.7 Å². The molecule has 2 amide bonds. The highest BCUT2D eigenvalue weighted by molar-refractivity contribution is 7.84. The molecule has 6 aromatic rings. The third-order valence-electron chi connectivity index (χ3n) is 10.0. The summed E-state index contributed by atoms with van der Waals surface area (Å²) in [6.07, 6.45) is -5.44. The van der Waals surface area contributed by atoms with Gasteiger partial charge in [-0.25, -0.2) is 38.5 Å². The Hall–Kier alpha value is -5.92. The molecule has 0 spiro atoms. The Bertz CT molecular complexity index is 2620. The Balaban J connectivity index is 0.877. The number of aliphatic hydroxyl groups is 2. The summed E-state index contributed by atoms with van der Waals surface area (Å²) in [5, 5.41) is 26.6. The van der Waals surface area contributed by atoms with E-state index in [-0.39, 0.29) is 40.6 Å². The largest absolute Gasteiger partial charge is 0.393 e. The van der Waals surface area contributed by atoms with Crippen LogP contribution >= 0.6 is 0 Å². The van der Waals surface area contributed by atoms with E-state index in [9.17, 15) is 28.2 Å². The number of halogens is 1. The minimum atomic E-state index is -4.71. The van der Waals surface area contributed by atoms with E-state index in [4.69, 9.17) is 18.4 Å². The standard InChI is InChI=1S/C35H32FN11O10S/c36-21-24(49)20(55-33(21)46-16-41-22-27(37-14-39-29(22)46)44-31(50)18-7-3-1-4-8-18)11-43-58(52,53)57-26-25-34(56-35(26,12-48)13-54-25)47-17-42-23-28(38-15-40-30(23)47)45-32(51)19-9-5-2-6-10-19/h1-10,14-17,20-21,24-26,33-34,43,48-49H,11-13H2,(H,37,39,44,50)(H,38,40,45,51)/t20-,21-,24-,25-,26+,33-,34-,35+/m1/s1. The number of carbonyl (C=O) groups excluding carboxylic acids is 2. The molecule has 58 heavy (non-hydrogen) atoms. The van der Waals surface area contributed by atoms with Gasteiger partial charge in [0.05, 0.1) is 25.9 Å². The summed E-state index contributed by atoms with van der Waals surface area (Å²) >= 11 is 0. The zero-order valence-corrected chi connectivity index (χ0v) is 30.6. The van der Waals surface area contributed by atoms with Crippen molar-refractivity contribution in [1.29, 1.82) is 0 Å². The molecule has 0 radical (unpaired) electrons. The molecule has 8 atom stereocenters. The topological polar surface area (TPSA) is 269 Å². The summed E-state index contributed by atoms with van der Waals surface area (Å²) in [6, 6.07) is 16.8. The van der Waals surface area contributed by atoms with Gasteiger partial charge in [0, 0.05) is 17.7 Å². The van der Waals surface area contributed by atoms with Gasteiger partial charge in [-0.05, 0) is 24.3 Å². The van der Waals surface area contributed by atoms with Crippen molar-refractivity contribution in [1.82, 2.24) is 43.8 Å². The lowest BCUT2D eigenvalue weighted by Crippen LogP contribution is -2.48. The number of aromatic nitrogens is 8. The lowest BCUT2D eigenvalue weighted by molar-refractivity contribution is -0.184. The zero-order valence-electron chi connectivity index (χ0n) is 29.8. The Morgan fingerprint density at radius 3 is 1.95 bits per heavy atom. The predicted octanol–water partition coefficient (Wildman–Crippen LogP) is 0.646. The molecule has 21 nitrogen and oxygen atoms in total. The number of carbonyl (C=O) groups is 2. The average molecular weight is 818 g/mol. The van der Waals surface area contributed by atoms with Gasteiger partial charge in [0.2, 0.25) is 0 Å². The number of rotatable bonds is 12. The van der Waals surface area contributed by atoms with Gasteiger partial charge in [0.25, 0.3) is 11.8 Å². The molecule has 300 valence electrons. The molecule has 5 N–H and O–H groups in total.